The molecule has 0 radical (unpaired) electrons. The average Bonchev–Trinajstić information content (AvgIpc) is 2.49. The number of hydrogen-bond donors (Lipinski definition) is 0. The van der Waals surface area contributed by atoms with Crippen molar-refractivity contribution in [2.45, 2.75) is 6.92 Å². The number of ether oxygens (including phenoxy) is 1. The predicted octanol–water partition coefficient (Wildman–Crippen LogP) is 4.26. The van der Waals surface area contributed by atoms with Crippen molar-refractivity contribution < 1.29 is 13.9 Å². The fourth-order valence-corrected chi connectivity index (χ4v) is 2.42. The second kappa shape index (κ2) is 6.72. The Morgan fingerprint density at radius 1 is 1.29 bits per heavy atom. The van der Waals surface area contributed by atoms with Crippen molar-refractivity contribution in [3.63, 3.8) is 0 Å². The summed E-state index contributed by atoms with van der Waals surface area (Å²) in [5, 5.41) is 0. The quantitative estimate of drug-likeness (QED) is 0.823. The topological polar surface area (TPSA) is 29.5 Å². The molecule has 1 amide bonds. The first kappa shape index (κ1) is 15.5. The molecule has 2 rings (SSSR count). The molecule has 2 aromatic rings. The molecule has 0 fully saturated rings. The van der Waals surface area contributed by atoms with E-state index in [-0.39, 0.29) is 11.6 Å². The number of nitrogens with zero attached hydrogens (tertiary/aromatic N) is 1. The molecule has 0 heterocycles. The van der Waals surface area contributed by atoms with Crippen molar-refractivity contribution in [3.05, 3.63) is 58.3 Å². The van der Waals surface area contributed by atoms with Crippen LogP contribution in [0.5, 0.6) is 5.75 Å². The summed E-state index contributed by atoms with van der Waals surface area (Å²) in [7, 11) is 1.50. The monoisotopic (exact) mass is 351 g/mol. The lowest BCUT2D eigenvalue weighted by Crippen LogP contribution is -2.31. The fraction of sp³-hybridized carbons (Fsp3) is 0.188. The summed E-state index contributed by atoms with van der Waals surface area (Å²) in [4.78, 5) is 14.1. The van der Waals surface area contributed by atoms with E-state index < -0.39 is 5.82 Å². The highest BCUT2D eigenvalue weighted by molar-refractivity contribution is 9.10. The number of anilines is 1. The highest BCUT2D eigenvalue weighted by Crippen LogP contribution is 2.27. The van der Waals surface area contributed by atoms with Crippen molar-refractivity contribution in [2.75, 3.05) is 18.6 Å². The number of carbonyl (C=O) groups excluding carboxylic acids is 1. The molecule has 3 nitrogen and oxygen atoms in total. The van der Waals surface area contributed by atoms with Crippen LogP contribution in [-0.2, 0) is 0 Å². The van der Waals surface area contributed by atoms with Crippen molar-refractivity contribution in [1.82, 2.24) is 0 Å². The first-order valence-electron chi connectivity index (χ1n) is 6.48. The van der Waals surface area contributed by atoms with Gasteiger partial charge in [0.1, 0.15) is 11.6 Å². The van der Waals surface area contributed by atoms with E-state index in [1.54, 1.807) is 43.3 Å². The lowest BCUT2D eigenvalue weighted by atomic mass is 10.1. The number of para-hydroxylation sites is 1. The summed E-state index contributed by atoms with van der Waals surface area (Å²) in [6, 6.07) is 11.3. The van der Waals surface area contributed by atoms with Crippen LogP contribution in [-0.4, -0.2) is 19.6 Å². The highest BCUT2D eigenvalue weighted by atomic mass is 79.9. The summed E-state index contributed by atoms with van der Waals surface area (Å²) in [6.07, 6.45) is 0. The van der Waals surface area contributed by atoms with Gasteiger partial charge in [0.25, 0.3) is 5.91 Å². The third-order valence-electron chi connectivity index (χ3n) is 3.10. The van der Waals surface area contributed by atoms with E-state index in [0.29, 0.717) is 17.9 Å². The van der Waals surface area contributed by atoms with E-state index in [4.69, 9.17) is 4.74 Å². The van der Waals surface area contributed by atoms with Crippen LogP contribution in [0.15, 0.2) is 46.9 Å². The fourth-order valence-electron chi connectivity index (χ4n) is 2.08. The smallest absolute Gasteiger partial charge is 0.262 e. The van der Waals surface area contributed by atoms with Crippen LogP contribution in [0.25, 0.3) is 0 Å². The molecular formula is C16H15BrFNO2. The third-order valence-corrected chi connectivity index (χ3v) is 3.59. The van der Waals surface area contributed by atoms with Gasteiger partial charge >= 0.3 is 0 Å². The van der Waals surface area contributed by atoms with Gasteiger partial charge < -0.3 is 9.64 Å². The molecule has 0 atom stereocenters. The molecule has 0 aliphatic carbocycles. The standard InChI is InChI=1S/C16H15BrFNO2/c1-3-19(14-7-5-4-6-13(14)18)16(20)12-9-8-11(17)10-15(12)21-2/h4-10H,3H2,1-2H3. The van der Waals surface area contributed by atoms with Crippen LogP contribution in [0.3, 0.4) is 0 Å². The van der Waals surface area contributed by atoms with Crippen LogP contribution in [0.2, 0.25) is 0 Å². The molecule has 0 aliphatic heterocycles. The predicted molar refractivity (Wildman–Crippen MR) is 84.4 cm³/mol. The Balaban J connectivity index is 2.44. The zero-order valence-corrected chi connectivity index (χ0v) is 13.4. The maximum absolute atomic E-state index is 13.9. The minimum Gasteiger partial charge on any atom is -0.496 e. The molecule has 0 spiro atoms. The lowest BCUT2D eigenvalue weighted by Gasteiger charge is -2.22. The lowest BCUT2D eigenvalue weighted by molar-refractivity contribution is 0.0984. The van der Waals surface area contributed by atoms with Gasteiger partial charge in [-0.15, -0.1) is 0 Å². The summed E-state index contributed by atoms with van der Waals surface area (Å²) in [5.74, 6) is -0.278. The largest absolute Gasteiger partial charge is 0.496 e. The van der Waals surface area contributed by atoms with Gasteiger partial charge in [-0.3, -0.25) is 4.79 Å². The summed E-state index contributed by atoms with van der Waals surface area (Å²) in [6.45, 7) is 2.16. The van der Waals surface area contributed by atoms with Crippen molar-refractivity contribution in [3.8, 4) is 5.75 Å². The summed E-state index contributed by atoms with van der Waals surface area (Å²) < 4.78 is 20.0. The Bertz CT molecular complexity index is 660. The van der Waals surface area contributed by atoms with Gasteiger partial charge in [0.2, 0.25) is 0 Å². The number of amides is 1. The first-order chi connectivity index (χ1) is 10.1. The number of hydrogen-bond acceptors (Lipinski definition) is 2. The highest BCUT2D eigenvalue weighted by Gasteiger charge is 2.22. The van der Waals surface area contributed by atoms with Crippen LogP contribution >= 0.6 is 15.9 Å². The maximum Gasteiger partial charge on any atom is 0.262 e. The van der Waals surface area contributed by atoms with Gasteiger partial charge in [0.05, 0.1) is 18.4 Å². The van der Waals surface area contributed by atoms with Gasteiger partial charge in [0.15, 0.2) is 0 Å². The SMILES string of the molecule is CCN(C(=O)c1ccc(Br)cc1OC)c1ccccc1F. The number of halogens is 2. The molecule has 0 bridgehead atoms. The van der Waals surface area contributed by atoms with Gasteiger partial charge in [-0.1, -0.05) is 28.1 Å². The Hall–Kier alpha value is -1.88. The van der Waals surface area contributed by atoms with E-state index in [9.17, 15) is 9.18 Å². The summed E-state index contributed by atoms with van der Waals surface area (Å²) >= 11 is 3.33. The van der Waals surface area contributed by atoms with Crippen LogP contribution in [0.4, 0.5) is 10.1 Å². The Kier molecular flexibility index (Phi) is 4.96. The average molecular weight is 352 g/mol. The van der Waals surface area contributed by atoms with Crippen molar-refractivity contribution in [2.24, 2.45) is 0 Å². The van der Waals surface area contributed by atoms with Gasteiger partial charge in [-0.25, -0.2) is 4.39 Å². The molecule has 21 heavy (non-hydrogen) atoms. The Morgan fingerprint density at radius 2 is 2.00 bits per heavy atom. The normalized spacial score (nSPS) is 10.3. The second-order valence-corrected chi connectivity index (χ2v) is 5.26. The molecule has 0 aliphatic rings. The zero-order valence-electron chi connectivity index (χ0n) is 11.8. The summed E-state index contributed by atoms with van der Waals surface area (Å²) in [5.41, 5.74) is 0.653. The molecule has 2 aromatic carbocycles. The number of rotatable bonds is 4. The molecule has 0 saturated carbocycles. The number of carbonyl (C=O) groups is 1. The van der Waals surface area contributed by atoms with E-state index in [0.717, 1.165) is 4.47 Å². The van der Waals surface area contributed by atoms with Gasteiger partial charge in [-0.2, -0.15) is 0 Å². The van der Waals surface area contributed by atoms with Crippen molar-refractivity contribution >= 4 is 27.5 Å². The second-order valence-electron chi connectivity index (χ2n) is 4.35. The van der Waals surface area contributed by atoms with E-state index in [1.165, 1.54) is 18.1 Å². The third kappa shape index (κ3) is 3.24. The zero-order chi connectivity index (χ0) is 15.4. The molecule has 110 valence electrons. The maximum atomic E-state index is 13.9. The van der Waals surface area contributed by atoms with E-state index >= 15 is 0 Å². The minimum absolute atomic E-state index is 0.259. The molecule has 5 heteroatoms. The van der Waals surface area contributed by atoms with Crippen LogP contribution in [0.1, 0.15) is 17.3 Å². The Morgan fingerprint density at radius 3 is 2.62 bits per heavy atom. The molecule has 0 aromatic heterocycles. The molecule has 0 saturated heterocycles. The first-order valence-corrected chi connectivity index (χ1v) is 7.27. The number of benzene rings is 2. The van der Waals surface area contributed by atoms with E-state index in [2.05, 4.69) is 15.9 Å². The van der Waals surface area contributed by atoms with Crippen LogP contribution in [0, 0.1) is 5.82 Å². The molecular weight excluding hydrogens is 337 g/mol. The Labute approximate surface area is 131 Å². The van der Waals surface area contributed by atoms with Crippen LogP contribution < -0.4 is 9.64 Å². The van der Waals surface area contributed by atoms with E-state index in [1.807, 2.05) is 0 Å². The molecule has 0 N–H and O–H groups in total. The number of methoxy groups -OCH3 is 1. The minimum atomic E-state index is -0.427. The molecule has 0 unspecified atom stereocenters. The van der Waals surface area contributed by atoms with Gasteiger partial charge in [0, 0.05) is 11.0 Å². The van der Waals surface area contributed by atoms with Gasteiger partial charge in [-0.05, 0) is 37.3 Å². The van der Waals surface area contributed by atoms with Crippen molar-refractivity contribution in [1.29, 1.82) is 0 Å².